The number of amides is 3. The number of aliphatic hydroxyl groups excluding tert-OH is 1. The zero-order valence-electron chi connectivity index (χ0n) is 20.0. The molecule has 1 saturated heterocycles. The molecular weight excluding hydrogens is 555 g/mol. The van der Waals surface area contributed by atoms with Crippen LogP contribution in [0.3, 0.4) is 0 Å². The molecule has 1 aromatic carbocycles. The average Bonchev–Trinajstić information content (AvgIpc) is 3.24. The summed E-state index contributed by atoms with van der Waals surface area (Å²) in [6.07, 6.45) is 2.86. The fourth-order valence-corrected chi connectivity index (χ4v) is 4.89. The molecule has 1 fully saturated rings. The number of nitrogens with one attached hydrogen (secondary N) is 2. The Hall–Kier alpha value is -2.32. The van der Waals surface area contributed by atoms with Crippen molar-refractivity contribution in [2.24, 2.45) is 5.73 Å². The second-order valence-corrected chi connectivity index (χ2v) is 10.1. The minimum atomic E-state index is -0.803. The Labute approximate surface area is 222 Å². The third-order valence-corrected chi connectivity index (χ3v) is 7.07. The van der Waals surface area contributed by atoms with Crippen molar-refractivity contribution in [3.8, 4) is 5.88 Å². The van der Waals surface area contributed by atoms with Crippen LogP contribution in [-0.2, 0) is 6.61 Å². The number of halogens is 2. The third-order valence-electron chi connectivity index (χ3n) is 5.83. The number of primary amides is 1. The van der Waals surface area contributed by atoms with Crippen LogP contribution in [0.1, 0.15) is 35.2 Å². The van der Waals surface area contributed by atoms with Gasteiger partial charge >= 0.3 is 6.03 Å². The highest BCUT2D eigenvalue weighted by Gasteiger charge is 2.22. The first-order valence-corrected chi connectivity index (χ1v) is 13.4. The molecule has 0 spiro atoms. The van der Waals surface area contributed by atoms with Crippen LogP contribution in [0.4, 0.5) is 14.2 Å². The normalized spacial score (nSPS) is 14.5. The second kappa shape index (κ2) is 14.4. The van der Waals surface area contributed by atoms with E-state index in [4.69, 9.17) is 15.6 Å². The highest BCUT2D eigenvalue weighted by Crippen LogP contribution is 2.31. The van der Waals surface area contributed by atoms with Crippen molar-refractivity contribution in [3.05, 3.63) is 39.6 Å². The van der Waals surface area contributed by atoms with Gasteiger partial charge in [-0.15, -0.1) is 0 Å². The van der Waals surface area contributed by atoms with Gasteiger partial charge in [0, 0.05) is 49.3 Å². The molecule has 1 aliphatic heterocycles. The zero-order chi connectivity index (χ0) is 25.9. The lowest BCUT2D eigenvalue weighted by atomic mass is 10.2. The average molecular weight is 588 g/mol. The Morgan fingerprint density at radius 2 is 1.89 bits per heavy atom. The van der Waals surface area contributed by atoms with Gasteiger partial charge in [-0.05, 0) is 43.1 Å². The van der Waals surface area contributed by atoms with Crippen molar-refractivity contribution in [3.63, 3.8) is 0 Å². The molecular formula is C23H32BrFN6O4S. The number of piperazine rings is 1. The van der Waals surface area contributed by atoms with E-state index in [0.29, 0.717) is 11.0 Å². The molecule has 0 bridgehead atoms. The quantitative estimate of drug-likeness (QED) is 0.265. The minimum absolute atomic E-state index is 0.0493. The number of nitrogens with zero attached hydrogens (tertiary/aromatic N) is 3. The number of β-amino-alcohol motifs (C(OH)–C–C–N with tert-alkyl or cyclic N) is 1. The van der Waals surface area contributed by atoms with E-state index in [1.54, 1.807) is 12.1 Å². The van der Waals surface area contributed by atoms with Gasteiger partial charge in [-0.25, -0.2) is 9.18 Å². The highest BCUT2D eigenvalue weighted by molar-refractivity contribution is 9.10. The first-order valence-electron chi connectivity index (χ1n) is 11.8. The van der Waals surface area contributed by atoms with Crippen LogP contribution in [0.2, 0.25) is 0 Å². The van der Waals surface area contributed by atoms with E-state index in [1.165, 1.54) is 6.07 Å². The summed E-state index contributed by atoms with van der Waals surface area (Å²) in [4.78, 5) is 28.9. The van der Waals surface area contributed by atoms with Crippen molar-refractivity contribution in [1.82, 2.24) is 19.5 Å². The Kier molecular flexibility index (Phi) is 11.3. The molecule has 2 aromatic rings. The van der Waals surface area contributed by atoms with Crippen molar-refractivity contribution in [2.75, 3.05) is 57.7 Å². The third kappa shape index (κ3) is 8.66. The summed E-state index contributed by atoms with van der Waals surface area (Å²) < 4.78 is 24.2. The SMILES string of the molecule is NC(=O)c1c(OCc2ccc(Br)cc2F)nsc1NC(=O)NCCCCCN1CCN(CCO)CC1. The molecule has 36 heavy (non-hydrogen) atoms. The van der Waals surface area contributed by atoms with Crippen molar-refractivity contribution in [2.45, 2.75) is 25.9 Å². The molecule has 0 unspecified atom stereocenters. The monoisotopic (exact) mass is 586 g/mol. The largest absolute Gasteiger partial charge is 0.471 e. The lowest BCUT2D eigenvalue weighted by Gasteiger charge is -2.34. The lowest BCUT2D eigenvalue weighted by Crippen LogP contribution is -2.47. The Morgan fingerprint density at radius 3 is 2.56 bits per heavy atom. The summed E-state index contributed by atoms with van der Waals surface area (Å²) in [6, 6.07) is 4.08. The topological polar surface area (TPSA) is 133 Å². The summed E-state index contributed by atoms with van der Waals surface area (Å²) in [5.74, 6) is -1.32. The molecule has 3 rings (SSSR count). The highest BCUT2D eigenvalue weighted by atomic mass is 79.9. The predicted octanol–water partition coefficient (Wildman–Crippen LogP) is 2.62. The molecule has 2 heterocycles. The zero-order valence-corrected chi connectivity index (χ0v) is 22.4. The minimum Gasteiger partial charge on any atom is -0.471 e. The number of aromatic nitrogens is 1. The van der Waals surface area contributed by atoms with Crippen molar-refractivity contribution < 1.29 is 23.8 Å². The number of hydrogen-bond donors (Lipinski definition) is 4. The number of hydrogen-bond acceptors (Lipinski definition) is 8. The van der Waals surface area contributed by atoms with E-state index >= 15 is 0 Å². The van der Waals surface area contributed by atoms with E-state index in [1.807, 2.05) is 0 Å². The molecule has 13 heteroatoms. The van der Waals surface area contributed by atoms with Crippen LogP contribution >= 0.6 is 27.5 Å². The molecule has 1 aromatic heterocycles. The van der Waals surface area contributed by atoms with Gasteiger partial charge in [-0.2, -0.15) is 4.37 Å². The summed E-state index contributed by atoms with van der Waals surface area (Å²) in [5, 5.41) is 14.6. The molecule has 0 atom stereocenters. The Balaban J connectivity index is 1.37. The molecule has 198 valence electrons. The standard InChI is InChI=1S/C23H32BrFN6O4S/c24-17-5-4-16(18(25)14-17)15-35-21-19(20(26)33)22(36-29-21)28-23(34)27-6-2-1-3-7-30-8-10-31(11-9-30)12-13-32/h4-5,14,32H,1-3,6-13,15H2,(H2,26,33)(H2,27,28,34). The number of rotatable bonds is 13. The lowest BCUT2D eigenvalue weighted by molar-refractivity contribution is 0.0996. The van der Waals surface area contributed by atoms with Gasteiger partial charge in [0.1, 0.15) is 23.0 Å². The predicted molar refractivity (Wildman–Crippen MR) is 140 cm³/mol. The summed E-state index contributed by atoms with van der Waals surface area (Å²) >= 11 is 4.06. The van der Waals surface area contributed by atoms with E-state index in [0.717, 1.165) is 70.1 Å². The second-order valence-electron chi connectivity index (χ2n) is 8.43. The number of carbonyl (C=O) groups is 2. The molecule has 3 amide bonds. The number of carbonyl (C=O) groups excluding carboxylic acids is 2. The first kappa shape index (κ1) is 28.3. The molecule has 5 N–H and O–H groups in total. The fraction of sp³-hybridized carbons (Fsp3) is 0.522. The van der Waals surface area contributed by atoms with Crippen molar-refractivity contribution in [1.29, 1.82) is 0 Å². The summed E-state index contributed by atoms with van der Waals surface area (Å²) in [7, 11) is 0. The first-order chi connectivity index (χ1) is 17.4. The molecule has 0 saturated carbocycles. The van der Waals surface area contributed by atoms with Gasteiger partial charge in [-0.3, -0.25) is 15.0 Å². The Morgan fingerprint density at radius 1 is 1.17 bits per heavy atom. The smallest absolute Gasteiger partial charge is 0.319 e. The number of benzene rings is 1. The maximum absolute atomic E-state index is 14.0. The molecule has 1 aliphatic rings. The van der Waals surface area contributed by atoms with Crippen molar-refractivity contribution >= 4 is 44.4 Å². The maximum atomic E-state index is 14.0. The van der Waals surface area contributed by atoms with Crippen LogP contribution in [0.15, 0.2) is 22.7 Å². The number of nitrogens with two attached hydrogens (primary N) is 1. The van der Waals surface area contributed by atoms with E-state index < -0.39 is 17.8 Å². The number of aliphatic hydroxyl groups is 1. The number of ether oxygens (including phenoxy) is 1. The number of anilines is 1. The molecule has 0 aliphatic carbocycles. The number of urea groups is 1. The number of unbranched alkanes of at least 4 members (excludes halogenated alkanes) is 2. The maximum Gasteiger partial charge on any atom is 0.319 e. The van der Waals surface area contributed by atoms with Gasteiger partial charge in [-0.1, -0.05) is 28.4 Å². The molecule has 0 radical (unpaired) electrons. The summed E-state index contributed by atoms with van der Waals surface area (Å²) in [6.45, 7) is 6.32. The van der Waals surface area contributed by atoms with Gasteiger partial charge in [0.05, 0.1) is 6.61 Å². The van der Waals surface area contributed by atoms with Gasteiger partial charge in [0.2, 0.25) is 5.88 Å². The van der Waals surface area contributed by atoms with E-state index in [2.05, 4.69) is 40.7 Å². The summed E-state index contributed by atoms with van der Waals surface area (Å²) in [5.41, 5.74) is 5.71. The van der Waals surface area contributed by atoms with Gasteiger partial charge < -0.3 is 25.8 Å². The van der Waals surface area contributed by atoms with Crippen LogP contribution in [0.25, 0.3) is 0 Å². The van der Waals surface area contributed by atoms with Crippen LogP contribution < -0.4 is 21.1 Å². The van der Waals surface area contributed by atoms with E-state index in [9.17, 15) is 14.0 Å². The van der Waals surface area contributed by atoms with Gasteiger partial charge in [0.25, 0.3) is 5.91 Å². The van der Waals surface area contributed by atoms with Crippen LogP contribution in [-0.4, -0.2) is 83.6 Å². The van der Waals surface area contributed by atoms with Crippen LogP contribution in [0.5, 0.6) is 5.88 Å². The molecule has 10 nitrogen and oxygen atoms in total. The van der Waals surface area contributed by atoms with Gasteiger partial charge in [0.15, 0.2) is 0 Å². The van der Waals surface area contributed by atoms with E-state index in [-0.39, 0.29) is 35.2 Å². The Bertz CT molecular complexity index is 1020. The van der Waals surface area contributed by atoms with Crippen LogP contribution in [0, 0.1) is 5.82 Å². The fourth-order valence-electron chi connectivity index (χ4n) is 3.83.